The monoisotopic (exact) mass is 194 g/mol. The van der Waals surface area contributed by atoms with Gasteiger partial charge in [0, 0.05) is 12.8 Å². The summed E-state index contributed by atoms with van der Waals surface area (Å²) in [6.07, 6.45) is 14.5. The summed E-state index contributed by atoms with van der Waals surface area (Å²) in [5.74, 6) is 0. The van der Waals surface area contributed by atoms with Crippen LogP contribution < -0.4 is 5.32 Å². The Kier molecular flexibility index (Phi) is 6.33. The van der Waals surface area contributed by atoms with Crippen molar-refractivity contribution in [1.82, 2.24) is 5.32 Å². The average Bonchev–Trinajstić information content (AvgIpc) is 2.69. The van der Waals surface area contributed by atoms with Gasteiger partial charge in [0.25, 0.3) is 0 Å². The van der Waals surface area contributed by atoms with Crippen LogP contribution in [0.3, 0.4) is 0 Å². The number of unbranched alkanes of at least 4 members (excludes halogenated alkanes) is 3. The molecule has 1 atom stereocenters. The molecular weight excluding hydrogens is 172 g/mol. The number of rotatable bonds is 7. The molecule has 1 heterocycles. The number of aliphatic imine (C=N–C) groups is 1. The highest BCUT2D eigenvalue weighted by atomic mass is 15.1. The van der Waals surface area contributed by atoms with E-state index in [-0.39, 0.29) is 0 Å². The summed E-state index contributed by atoms with van der Waals surface area (Å²) in [7, 11) is 0. The van der Waals surface area contributed by atoms with E-state index in [0.717, 1.165) is 19.4 Å². The summed E-state index contributed by atoms with van der Waals surface area (Å²) in [5.41, 5.74) is 0. The van der Waals surface area contributed by atoms with Crippen LogP contribution in [0, 0.1) is 0 Å². The lowest BCUT2D eigenvalue weighted by atomic mass is 10.2. The van der Waals surface area contributed by atoms with E-state index in [9.17, 15) is 0 Å². The van der Waals surface area contributed by atoms with Crippen LogP contribution in [0.25, 0.3) is 0 Å². The quantitative estimate of drug-likeness (QED) is 0.489. The Morgan fingerprint density at radius 1 is 1.36 bits per heavy atom. The summed E-state index contributed by atoms with van der Waals surface area (Å²) in [6.45, 7) is 3.19. The van der Waals surface area contributed by atoms with Crippen LogP contribution in [0.4, 0.5) is 0 Å². The Labute approximate surface area is 87.5 Å². The molecule has 0 aromatic rings. The predicted molar refractivity (Wildman–Crippen MR) is 62.8 cm³/mol. The zero-order valence-corrected chi connectivity index (χ0v) is 9.21. The highest BCUT2D eigenvalue weighted by Gasteiger charge is 2.06. The van der Waals surface area contributed by atoms with Crippen molar-refractivity contribution in [1.29, 1.82) is 0 Å². The fourth-order valence-corrected chi connectivity index (χ4v) is 1.60. The van der Waals surface area contributed by atoms with Gasteiger partial charge in [-0.25, -0.2) is 0 Å². The summed E-state index contributed by atoms with van der Waals surface area (Å²) in [6, 6.07) is 0. The zero-order chi connectivity index (χ0) is 10.1. The number of allylic oxidation sites excluding steroid dienone is 2. The minimum Gasteiger partial charge on any atom is -0.291 e. The lowest BCUT2D eigenvalue weighted by Gasteiger charge is -2.04. The predicted octanol–water partition coefficient (Wildman–Crippen LogP) is 2.90. The number of nitrogens with one attached hydrogen (secondary N) is 1. The smallest absolute Gasteiger partial charge is 0.0996 e. The van der Waals surface area contributed by atoms with Gasteiger partial charge in [0.05, 0.1) is 6.17 Å². The maximum absolute atomic E-state index is 4.31. The van der Waals surface area contributed by atoms with Crippen LogP contribution in [0.15, 0.2) is 17.1 Å². The molecule has 0 aliphatic carbocycles. The maximum atomic E-state index is 4.31. The maximum Gasteiger partial charge on any atom is 0.0996 e. The fourth-order valence-electron chi connectivity index (χ4n) is 1.60. The van der Waals surface area contributed by atoms with Crippen LogP contribution in [-0.4, -0.2) is 18.9 Å². The Bertz CT molecular complexity index is 185. The van der Waals surface area contributed by atoms with Gasteiger partial charge >= 0.3 is 0 Å². The molecule has 80 valence electrons. The first kappa shape index (κ1) is 11.4. The van der Waals surface area contributed by atoms with Crippen molar-refractivity contribution < 1.29 is 0 Å². The minimum absolute atomic E-state index is 0.385. The largest absolute Gasteiger partial charge is 0.291 e. The Hall–Kier alpha value is -0.630. The van der Waals surface area contributed by atoms with Crippen molar-refractivity contribution >= 4 is 6.21 Å². The Balaban J connectivity index is 1.89. The van der Waals surface area contributed by atoms with Crippen LogP contribution >= 0.6 is 0 Å². The average molecular weight is 194 g/mol. The van der Waals surface area contributed by atoms with Crippen LogP contribution in [0.2, 0.25) is 0 Å². The lowest BCUT2D eigenvalue weighted by molar-refractivity contribution is 0.563. The molecular formula is C12H22N2. The summed E-state index contributed by atoms with van der Waals surface area (Å²) in [4.78, 5) is 4.31. The fraction of sp³-hybridized carbons (Fsp3) is 0.750. The standard InChI is InChI=1S/C12H22N2/c1-2-3-4-5-6-7-8-9-12-13-10-11-14-12/h6-7,10,12,14H,2-5,8-9,11H2,1H3/b7-6+. The first-order valence-corrected chi connectivity index (χ1v) is 5.83. The molecule has 1 N–H and O–H groups in total. The molecule has 0 aromatic carbocycles. The van der Waals surface area contributed by atoms with E-state index < -0.39 is 0 Å². The highest BCUT2D eigenvalue weighted by molar-refractivity contribution is 5.61. The molecule has 2 nitrogen and oxygen atoms in total. The van der Waals surface area contributed by atoms with Gasteiger partial charge in [-0.15, -0.1) is 0 Å². The van der Waals surface area contributed by atoms with Crippen molar-refractivity contribution in [3.63, 3.8) is 0 Å². The molecule has 1 rings (SSSR count). The molecule has 0 fully saturated rings. The van der Waals surface area contributed by atoms with E-state index in [1.807, 2.05) is 6.21 Å². The summed E-state index contributed by atoms with van der Waals surface area (Å²) >= 11 is 0. The third kappa shape index (κ3) is 5.18. The number of nitrogens with zero attached hydrogens (tertiary/aromatic N) is 1. The molecule has 0 saturated heterocycles. The van der Waals surface area contributed by atoms with Gasteiger partial charge in [-0.3, -0.25) is 10.3 Å². The van der Waals surface area contributed by atoms with Gasteiger partial charge in [0.2, 0.25) is 0 Å². The first-order valence-electron chi connectivity index (χ1n) is 5.83. The molecule has 1 unspecified atom stereocenters. The van der Waals surface area contributed by atoms with E-state index in [4.69, 9.17) is 0 Å². The van der Waals surface area contributed by atoms with Crippen molar-refractivity contribution in [2.45, 2.75) is 51.6 Å². The van der Waals surface area contributed by atoms with E-state index >= 15 is 0 Å². The van der Waals surface area contributed by atoms with Gasteiger partial charge < -0.3 is 0 Å². The van der Waals surface area contributed by atoms with Gasteiger partial charge in [-0.2, -0.15) is 0 Å². The second-order valence-corrected chi connectivity index (χ2v) is 3.80. The number of hydrogen-bond acceptors (Lipinski definition) is 2. The van der Waals surface area contributed by atoms with Crippen molar-refractivity contribution in [3.05, 3.63) is 12.2 Å². The van der Waals surface area contributed by atoms with E-state index in [1.54, 1.807) is 0 Å². The van der Waals surface area contributed by atoms with Crippen molar-refractivity contribution in [2.24, 2.45) is 4.99 Å². The second-order valence-electron chi connectivity index (χ2n) is 3.80. The van der Waals surface area contributed by atoms with Crippen LogP contribution in [0.5, 0.6) is 0 Å². The molecule has 0 bridgehead atoms. The lowest BCUT2D eigenvalue weighted by Crippen LogP contribution is -2.21. The van der Waals surface area contributed by atoms with Crippen molar-refractivity contribution in [2.75, 3.05) is 6.54 Å². The summed E-state index contributed by atoms with van der Waals surface area (Å²) in [5, 5.41) is 3.31. The van der Waals surface area contributed by atoms with Crippen LogP contribution in [0.1, 0.15) is 45.4 Å². The van der Waals surface area contributed by atoms with Crippen molar-refractivity contribution in [3.8, 4) is 0 Å². The molecule has 0 aromatic heterocycles. The molecule has 1 aliphatic heterocycles. The van der Waals surface area contributed by atoms with Gasteiger partial charge in [0.15, 0.2) is 0 Å². The van der Waals surface area contributed by atoms with E-state index in [1.165, 1.54) is 25.7 Å². The molecule has 0 radical (unpaired) electrons. The van der Waals surface area contributed by atoms with E-state index in [0.29, 0.717) is 6.17 Å². The normalized spacial score (nSPS) is 21.1. The highest BCUT2D eigenvalue weighted by Crippen LogP contribution is 2.04. The Morgan fingerprint density at radius 3 is 2.93 bits per heavy atom. The molecule has 0 saturated carbocycles. The third-order valence-corrected chi connectivity index (χ3v) is 2.48. The molecule has 14 heavy (non-hydrogen) atoms. The molecule has 1 aliphatic rings. The molecule has 2 heteroatoms. The SMILES string of the molecule is CCCCC/C=C/CCC1N=CCN1. The van der Waals surface area contributed by atoms with Crippen LogP contribution in [-0.2, 0) is 0 Å². The van der Waals surface area contributed by atoms with E-state index in [2.05, 4.69) is 29.4 Å². The van der Waals surface area contributed by atoms with Gasteiger partial charge in [-0.05, 0) is 25.7 Å². The molecule has 0 spiro atoms. The van der Waals surface area contributed by atoms with Gasteiger partial charge in [0.1, 0.15) is 0 Å². The first-order chi connectivity index (χ1) is 6.93. The van der Waals surface area contributed by atoms with Gasteiger partial charge in [-0.1, -0.05) is 31.9 Å². The third-order valence-electron chi connectivity index (χ3n) is 2.48. The number of hydrogen-bond donors (Lipinski definition) is 1. The summed E-state index contributed by atoms with van der Waals surface area (Å²) < 4.78 is 0. The minimum atomic E-state index is 0.385. The molecule has 0 amide bonds. The second kappa shape index (κ2) is 7.74. The Morgan fingerprint density at radius 2 is 2.21 bits per heavy atom. The topological polar surface area (TPSA) is 24.4 Å². The zero-order valence-electron chi connectivity index (χ0n) is 9.21.